The summed E-state index contributed by atoms with van der Waals surface area (Å²) < 4.78 is 6.46. The van der Waals surface area contributed by atoms with Crippen molar-refractivity contribution >= 4 is 11.7 Å². The Morgan fingerprint density at radius 1 is 1.57 bits per heavy atom. The van der Waals surface area contributed by atoms with Crippen molar-refractivity contribution in [3.05, 3.63) is 30.4 Å². The molecule has 5 heteroatoms. The Hall–Kier alpha value is -1.91. The van der Waals surface area contributed by atoms with Gasteiger partial charge < -0.3 is 4.74 Å². The Morgan fingerprint density at radius 3 is 3.21 bits per heavy atom. The van der Waals surface area contributed by atoms with Gasteiger partial charge in [-0.05, 0) is 13.0 Å². The van der Waals surface area contributed by atoms with Crippen LogP contribution in [0.5, 0.6) is 0 Å². The Kier molecular flexibility index (Phi) is 2.14. The standard InChI is InChI=1S/C9H9N3O2/c1-2-14-8(13)7-6-11-9-10-4-3-5-12(7)9/h3-6H,2H2,1H3. The number of imidazole rings is 1. The van der Waals surface area contributed by atoms with Gasteiger partial charge in [0.2, 0.25) is 5.78 Å². The predicted molar refractivity (Wildman–Crippen MR) is 48.9 cm³/mol. The first-order valence-electron chi connectivity index (χ1n) is 4.28. The average molecular weight is 191 g/mol. The summed E-state index contributed by atoms with van der Waals surface area (Å²) in [4.78, 5) is 19.4. The molecule has 5 nitrogen and oxygen atoms in total. The van der Waals surface area contributed by atoms with E-state index in [2.05, 4.69) is 9.97 Å². The van der Waals surface area contributed by atoms with E-state index in [0.717, 1.165) is 0 Å². The fourth-order valence-corrected chi connectivity index (χ4v) is 1.18. The lowest BCUT2D eigenvalue weighted by Gasteiger charge is -1.99. The molecule has 0 spiro atoms. The molecule has 0 bridgehead atoms. The van der Waals surface area contributed by atoms with Gasteiger partial charge in [-0.25, -0.2) is 14.8 Å². The zero-order valence-corrected chi connectivity index (χ0v) is 7.67. The minimum absolute atomic E-state index is 0.354. The van der Waals surface area contributed by atoms with Crippen molar-refractivity contribution in [1.29, 1.82) is 0 Å². The highest BCUT2D eigenvalue weighted by Gasteiger charge is 2.12. The molecule has 0 N–H and O–H groups in total. The molecule has 0 saturated carbocycles. The van der Waals surface area contributed by atoms with Crippen molar-refractivity contribution in [2.75, 3.05) is 6.61 Å². The van der Waals surface area contributed by atoms with Crippen molar-refractivity contribution in [3.63, 3.8) is 0 Å². The molecule has 0 aliphatic heterocycles. The lowest BCUT2D eigenvalue weighted by atomic mass is 10.5. The van der Waals surface area contributed by atoms with Gasteiger partial charge in [0.05, 0.1) is 12.8 Å². The number of carbonyl (C=O) groups is 1. The molecule has 0 radical (unpaired) electrons. The van der Waals surface area contributed by atoms with E-state index in [1.54, 1.807) is 29.8 Å². The van der Waals surface area contributed by atoms with Crippen LogP contribution in [0, 0.1) is 0 Å². The fourth-order valence-electron chi connectivity index (χ4n) is 1.18. The Labute approximate surface area is 80.4 Å². The quantitative estimate of drug-likeness (QED) is 0.662. The molecule has 0 amide bonds. The lowest BCUT2D eigenvalue weighted by Crippen LogP contribution is -2.07. The fraction of sp³-hybridized carbons (Fsp3) is 0.222. The lowest BCUT2D eigenvalue weighted by molar-refractivity contribution is 0.0518. The molecule has 2 aromatic rings. The van der Waals surface area contributed by atoms with Gasteiger partial charge in [0.1, 0.15) is 0 Å². The second-order valence-corrected chi connectivity index (χ2v) is 2.65. The molecule has 72 valence electrons. The highest BCUT2D eigenvalue weighted by Crippen LogP contribution is 2.04. The first-order chi connectivity index (χ1) is 6.83. The van der Waals surface area contributed by atoms with E-state index in [1.807, 2.05) is 0 Å². The summed E-state index contributed by atoms with van der Waals surface area (Å²) in [6, 6.07) is 1.73. The van der Waals surface area contributed by atoms with E-state index in [1.165, 1.54) is 6.20 Å². The number of carbonyl (C=O) groups excluding carboxylic acids is 1. The summed E-state index contributed by atoms with van der Waals surface area (Å²) >= 11 is 0. The number of nitrogens with zero attached hydrogens (tertiary/aromatic N) is 3. The predicted octanol–water partition coefficient (Wildman–Crippen LogP) is 0.906. The van der Waals surface area contributed by atoms with Crippen LogP contribution in [0.2, 0.25) is 0 Å². The molecule has 2 rings (SSSR count). The third kappa shape index (κ3) is 1.32. The summed E-state index contributed by atoms with van der Waals surface area (Å²) in [5.41, 5.74) is 0.398. The van der Waals surface area contributed by atoms with Gasteiger partial charge in [-0.1, -0.05) is 0 Å². The van der Waals surface area contributed by atoms with Gasteiger partial charge in [-0.2, -0.15) is 0 Å². The maximum Gasteiger partial charge on any atom is 0.357 e. The molecule has 2 aromatic heterocycles. The molecule has 0 aromatic carbocycles. The normalized spacial score (nSPS) is 10.4. The number of fused-ring (bicyclic) bond motifs is 1. The SMILES string of the molecule is CCOC(=O)c1cnc2ncccn12. The molecular weight excluding hydrogens is 182 g/mol. The average Bonchev–Trinajstić information content (AvgIpc) is 2.61. The van der Waals surface area contributed by atoms with Crippen LogP contribution in [0.4, 0.5) is 0 Å². The number of rotatable bonds is 2. The number of hydrogen-bond donors (Lipinski definition) is 0. The van der Waals surface area contributed by atoms with Crippen LogP contribution in [-0.2, 0) is 4.74 Å². The molecule has 0 unspecified atom stereocenters. The molecular formula is C9H9N3O2. The summed E-state index contributed by atoms with van der Waals surface area (Å²) in [5.74, 6) is 0.114. The van der Waals surface area contributed by atoms with Gasteiger partial charge in [-0.15, -0.1) is 0 Å². The Balaban J connectivity index is 2.47. The monoisotopic (exact) mass is 191 g/mol. The van der Waals surface area contributed by atoms with E-state index in [9.17, 15) is 4.79 Å². The Bertz CT molecular complexity index is 464. The second kappa shape index (κ2) is 3.45. The van der Waals surface area contributed by atoms with Gasteiger partial charge in [0, 0.05) is 12.4 Å². The molecule has 2 heterocycles. The van der Waals surface area contributed by atoms with Gasteiger partial charge in [0.25, 0.3) is 0 Å². The molecule has 0 saturated heterocycles. The van der Waals surface area contributed by atoms with Crippen LogP contribution in [0.15, 0.2) is 24.7 Å². The third-order valence-corrected chi connectivity index (χ3v) is 1.77. The minimum Gasteiger partial charge on any atom is -0.461 e. The molecule has 14 heavy (non-hydrogen) atoms. The van der Waals surface area contributed by atoms with Crippen LogP contribution in [0.25, 0.3) is 5.78 Å². The van der Waals surface area contributed by atoms with E-state index < -0.39 is 0 Å². The van der Waals surface area contributed by atoms with Crippen LogP contribution in [-0.4, -0.2) is 26.9 Å². The second-order valence-electron chi connectivity index (χ2n) is 2.65. The summed E-state index contributed by atoms with van der Waals surface area (Å²) in [7, 11) is 0. The maximum absolute atomic E-state index is 11.4. The molecule has 0 aliphatic carbocycles. The van der Waals surface area contributed by atoms with Crippen molar-refractivity contribution in [2.45, 2.75) is 6.92 Å². The van der Waals surface area contributed by atoms with Crippen molar-refractivity contribution in [1.82, 2.24) is 14.4 Å². The van der Waals surface area contributed by atoms with Crippen molar-refractivity contribution in [2.24, 2.45) is 0 Å². The van der Waals surface area contributed by atoms with Crippen LogP contribution in [0.1, 0.15) is 17.4 Å². The van der Waals surface area contributed by atoms with Gasteiger partial charge in [-0.3, -0.25) is 4.40 Å². The highest BCUT2D eigenvalue weighted by atomic mass is 16.5. The summed E-state index contributed by atoms with van der Waals surface area (Å²) in [5, 5.41) is 0. The third-order valence-electron chi connectivity index (χ3n) is 1.77. The van der Waals surface area contributed by atoms with Crippen LogP contribution in [0.3, 0.4) is 0 Å². The highest BCUT2D eigenvalue weighted by molar-refractivity contribution is 5.88. The largest absolute Gasteiger partial charge is 0.461 e. The van der Waals surface area contributed by atoms with Crippen LogP contribution >= 0.6 is 0 Å². The smallest absolute Gasteiger partial charge is 0.357 e. The first kappa shape index (κ1) is 8.68. The number of ether oxygens (including phenoxy) is 1. The summed E-state index contributed by atoms with van der Waals surface area (Å²) in [6.45, 7) is 2.12. The van der Waals surface area contributed by atoms with E-state index in [0.29, 0.717) is 18.1 Å². The van der Waals surface area contributed by atoms with Crippen LogP contribution < -0.4 is 0 Å². The number of hydrogen-bond acceptors (Lipinski definition) is 4. The number of aromatic nitrogens is 3. The zero-order chi connectivity index (χ0) is 9.97. The first-order valence-corrected chi connectivity index (χ1v) is 4.28. The topological polar surface area (TPSA) is 56.5 Å². The minimum atomic E-state index is -0.381. The summed E-state index contributed by atoms with van der Waals surface area (Å²) in [6.07, 6.45) is 4.80. The van der Waals surface area contributed by atoms with Crippen molar-refractivity contribution < 1.29 is 9.53 Å². The van der Waals surface area contributed by atoms with E-state index in [4.69, 9.17) is 4.74 Å². The zero-order valence-electron chi connectivity index (χ0n) is 7.67. The van der Waals surface area contributed by atoms with E-state index in [-0.39, 0.29) is 5.97 Å². The van der Waals surface area contributed by atoms with E-state index >= 15 is 0 Å². The molecule has 0 aliphatic rings. The van der Waals surface area contributed by atoms with Gasteiger partial charge in [0.15, 0.2) is 5.69 Å². The molecule has 0 fully saturated rings. The van der Waals surface area contributed by atoms with Crippen molar-refractivity contribution in [3.8, 4) is 0 Å². The maximum atomic E-state index is 11.4. The number of esters is 1. The molecule has 0 atom stereocenters. The Morgan fingerprint density at radius 2 is 2.43 bits per heavy atom. The van der Waals surface area contributed by atoms with Gasteiger partial charge >= 0.3 is 5.97 Å².